The molecule has 3 heterocycles. The molecule has 1 amide bonds. The summed E-state index contributed by atoms with van der Waals surface area (Å²) in [5.74, 6) is 2.03. The average molecular weight is 331 g/mol. The van der Waals surface area contributed by atoms with Crippen LogP contribution >= 0.6 is 0 Å². The molecule has 0 bridgehead atoms. The summed E-state index contributed by atoms with van der Waals surface area (Å²) in [6.07, 6.45) is 2.28. The van der Waals surface area contributed by atoms with E-state index in [9.17, 15) is 4.79 Å². The van der Waals surface area contributed by atoms with Gasteiger partial charge in [-0.1, -0.05) is 5.16 Å². The van der Waals surface area contributed by atoms with Gasteiger partial charge < -0.3 is 19.6 Å². The lowest BCUT2D eigenvalue weighted by atomic mass is 10.3. The number of nitrogens with one attached hydrogen (secondary N) is 1. The summed E-state index contributed by atoms with van der Waals surface area (Å²) in [6.45, 7) is 3.83. The Kier molecular flexibility index (Phi) is 4.59. The molecule has 0 aromatic carbocycles. The molecule has 128 valence electrons. The van der Waals surface area contributed by atoms with Crippen molar-refractivity contribution >= 4 is 17.8 Å². The number of hydrogen-bond donors (Lipinski definition) is 1. The Balaban J connectivity index is 1.75. The quantitative estimate of drug-likeness (QED) is 0.857. The molecule has 0 aliphatic carbocycles. The minimum atomic E-state index is -0.318. The van der Waals surface area contributed by atoms with Gasteiger partial charge >= 0.3 is 0 Å². The van der Waals surface area contributed by atoms with Crippen molar-refractivity contribution < 1.29 is 9.32 Å². The van der Waals surface area contributed by atoms with Gasteiger partial charge in [0.05, 0.1) is 6.54 Å². The summed E-state index contributed by atoms with van der Waals surface area (Å²) in [5, 5.41) is 6.46. The van der Waals surface area contributed by atoms with Crippen LogP contribution < -0.4 is 15.1 Å². The Hall–Kier alpha value is -2.71. The summed E-state index contributed by atoms with van der Waals surface area (Å²) in [4.78, 5) is 29.4. The standard InChI is InChI=1S/C15H21N7O2/c1-10-8-11(20-24-10)13(23)16-9-12-17-14(21(2)3)19-15(18-12)22-6-4-5-7-22/h8H,4-7,9H2,1-3H3,(H,16,23). The highest BCUT2D eigenvalue weighted by Crippen LogP contribution is 2.18. The van der Waals surface area contributed by atoms with Crippen LogP contribution in [-0.4, -0.2) is 53.2 Å². The average Bonchev–Trinajstić information content (AvgIpc) is 3.23. The van der Waals surface area contributed by atoms with Crippen molar-refractivity contribution in [1.29, 1.82) is 0 Å². The molecule has 1 saturated heterocycles. The zero-order valence-electron chi connectivity index (χ0n) is 14.1. The largest absolute Gasteiger partial charge is 0.361 e. The molecule has 3 rings (SSSR count). The highest BCUT2D eigenvalue weighted by atomic mass is 16.5. The van der Waals surface area contributed by atoms with E-state index >= 15 is 0 Å². The first-order valence-electron chi connectivity index (χ1n) is 7.91. The van der Waals surface area contributed by atoms with Gasteiger partial charge in [-0.2, -0.15) is 15.0 Å². The van der Waals surface area contributed by atoms with Crippen LogP contribution in [0.5, 0.6) is 0 Å². The van der Waals surface area contributed by atoms with Crippen LogP contribution in [0.4, 0.5) is 11.9 Å². The first-order chi connectivity index (χ1) is 11.5. The summed E-state index contributed by atoms with van der Waals surface area (Å²) < 4.78 is 4.91. The Labute approximate surface area is 140 Å². The molecular formula is C15H21N7O2. The molecule has 24 heavy (non-hydrogen) atoms. The van der Waals surface area contributed by atoms with E-state index in [1.165, 1.54) is 0 Å². The number of carbonyl (C=O) groups excluding carboxylic acids is 1. The fourth-order valence-corrected chi connectivity index (χ4v) is 2.46. The van der Waals surface area contributed by atoms with Gasteiger partial charge in [0.1, 0.15) is 5.76 Å². The third-order valence-corrected chi connectivity index (χ3v) is 3.71. The fourth-order valence-electron chi connectivity index (χ4n) is 2.46. The highest BCUT2D eigenvalue weighted by molar-refractivity contribution is 5.92. The maximum Gasteiger partial charge on any atom is 0.273 e. The third-order valence-electron chi connectivity index (χ3n) is 3.71. The molecular weight excluding hydrogens is 310 g/mol. The Morgan fingerprint density at radius 2 is 2.04 bits per heavy atom. The van der Waals surface area contributed by atoms with E-state index in [-0.39, 0.29) is 18.1 Å². The van der Waals surface area contributed by atoms with E-state index in [2.05, 4.69) is 30.3 Å². The number of aromatic nitrogens is 4. The fraction of sp³-hybridized carbons (Fsp3) is 0.533. The van der Waals surface area contributed by atoms with E-state index in [4.69, 9.17) is 4.52 Å². The Morgan fingerprint density at radius 1 is 1.29 bits per heavy atom. The number of carbonyl (C=O) groups is 1. The molecule has 0 atom stereocenters. The first kappa shape index (κ1) is 16.2. The number of nitrogens with zero attached hydrogens (tertiary/aromatic N) is 6. The van der Waals surface area contributed by atoms with Crippen LogP contribution in [0.15, 0.2) is 10.6 Å². The molecule has 1 N–H and O–H groups in total. The second kappa shape index (κ2) is 6.81. The molecule has 1 aliphatic heterocycles. The van der Waals surface area contributed by atoms with Crippen LogP contribution in [0, 0.1) is 6.92 Å². The Morgan fingerprint density at radius 3 is 2.67 bits per heavy atom. The molecule has 0 radical (unpaired) electrons. The van der Waals surface area contributed by atoms with Crippen LogP contribution in [0.2, 0.25) is 0 Å². The van der Waals surface area contributed by atoms with Gasteiger partial charge in [-0.3, -0.25) is 4.79 Å². The molecule has 2 aromatic rings. The monoisotopic (exact) mass is 331 g/mol. The molecule has 9 heteroatoms. The van der Waals surface area contributed by atoms with Crippen LogP contribution in [0.1, 0.15) is 34.9 Å². The van der Waals surface area contributed by atoms with Crippen LogP contribution in [0.25, 0.3) is 0 Å². The van der Waals surface area contributed by atoms with Gasteiger partial charge in [0.15, 0.2) is 11.5 Å². The third kappa shape index (κ3) is 3.61. The predicted molar refractivity (Wildman–Crippen MR) is 88.0 cm³/mol. The molecule has 0 spiro atoms. The lowest BCUT2D eigenvalue weighted by molar-refractivity contribution is 0.0940. The molecule has 1 aliphatic rings. The van der Waals surface area contributed by atoms with Crippen molar-refractivity contribution in [2.75, 3.05) is 37.0 Å². The summed E-state index contributed by atoms with van der Waals surface area (Å²) in [7, 11) is 3.76. The minimum Gasteiger partial charge on any atom is -0.361 e. The van der Waals surface area contributed by atoms with Gasteiger partial charge in [0.2, 0.25) is 11.9 Å². The van der Waals surface area contributed by atoms with Crippen LogP contribution in [-0.2, 0) is 6.54 Å². The van der Waals surface area contributed by atoms with Gasteiger partial charge in [-0.05, 0) is 19.8 Å². The van der Waals surface area contributed by atoms with E-state index in [0.717, 1.165) is 25.9 Å². The van der Waals surface area contributed by atoms with E-state index in [1.54, 1.807) is 13.0 Å². The lowest BCUT2D eigenvalue weighted by Crippen LogP contribution is -2.27. The lowest BCUT2D eigenvalue weighted by Gasteiger charge is -2.18. The van der Waals surface area contributed by atoms with E-state index in [1.807, 2.05) is 19.0 Å². The van der Waals surface area contributed by atoms with Gasteiger partial charge in [-0.15, -0.1) is 0 Å². The predicted octanol–water partition coefficient (Wildman–Crippen LogP) is 0.764. The maximum atomic E-state index is 12.1. The minimum absolute atomic E-state index is 0.203. The Bertz CT molecular complexity index is 722. The summed E-state index contributed by atoms with van der Waals surface area (Å²) >= 11 is 0. The normalized spacial score (nSPS) is 14.0. The van der Waals surface area contributed by atoms with Gasteiger partial charge in [0, 0.05) is 33.3 Å². The van der Waals surface area contributed by atoms with Crippen molar-refractivity contribution in [2.24, 2.45) is 0 Å². The van der Waals surface area contributed by atoms with E-state index < -0.39 is 0 Å². The maximum absolute atomic E-state index is 12.1. The van der Waals surface area contributed by atoms with Gasteiger partial charge in [0.25, 0.3) is 5.91 Å². The molecule has 1 fully saturated rings. The van der Waals surface area contributed by atoms with Crippen molar-refractivity contribution in [3.05, 3.63) is 23.3 Å². The second-order valence-electron chi connectivity index (χ2n) is 5.95. The van der Waals surface area contributed by atoms with Crippen molar-refractivity contribution in [2.45, 2.75) is 26.3 Å². The van der Waals surface area contributed by atoms with Crippen molar-refractivity contribution in [3.8, 4) is 0 Å². The number of aryl methyl sites for hydroxylation is 1. The van der Waals surface area contributed by atoms with Crippen molar-refractivity contribution in [3.63, 3.8) is 0 Å². The molecule has 0 unspecified atom stereocenters. The summed E-state index contributed by atoms with van der Waals surface area (Å²) in [6, 6.07) is 1.59. The zero-order chi connectivity index (χ0) is 17.1. The SMILES string of the molecule is Cc1cc(C(=O)NCc2nc(N(C)C)nc(N3CCCC3)n2)no1. The summed E-state index contributed by atoms with van der Waals surface area (Å²) in [5.41, 5.74) is 0.245. The molecule has 0 saturated carbocycles. The smallest absolute Gasteiger partial charge is 0.273 e. The number of amides is 1. The van der Waals surface area contributed by atoms with Crippen LogP contribution in [0.3, 0.4) is 0 Å². The topological polar surface area (TPSA) is 100 Å². The number of anilines is 2. The highest BCUT2D eigenvalue weighted by Gasteiger charge is 2.18. The number of hydrogen-bond acceptors (Lipinski definition) is 8. The molecule has 9 nitrogen and oxygen atoms in total. The first-order valence-corrected chi connectivity index (χ1v) is 7.91. The number of rotatable bonds is 5. The van der Waals surface area contributed by atoms with Gasteiger partial charge in [-0.25, -0.2) is 0 Å². The molecule has 2 aromatic heterocycles. The van der Waals surface area contributed by atoms with E-state index in [0.29, 0.717) is 23.5 Å². The zero-order valence-corrected chi connectivity index (χ0v) is 14.1. The second-order valence-corrected chi connectivity index (χ2v) is 5.95. The van der Waals surface area contributed by atoms with Crippen molar-refractivity contribution in [1.82, 2.24) is 25.4 Å².